The molecular weight excluding hydrogens is 687 g/mol. The zero-order chi connectivity index (χ0) is 35.2. The number of hydrogen-bond donors (Lipinski definition) is 2. The largest absolute Gasteiger partial charge is 0.497 e. The van der Waals surface area contributed by atoms with Crippen molar-refractivity contribution in [1.29, 1.82) is 0 Å². The van der Waals surface area contributed by atoms with Crippen LogP contribution in [0.5, 0.6) is 5.75 Å². The number of aliphatic hydroxyl groups excluding tert-OH is 1. The molecule has 266 valence electrons. The number of fused-ring (bicyclic) bond motifs is 1. The van der Waals surface area contributed by atoms with E-state index in [0.717, 1.165) is 36.1 Å². The second kappa shape index (κ2) is 12.0. The molecule has 0 radical (unpaired) electrons. The van der Waals surface area contributed by atoms with Crippen LogP contribution < -0.4 is 4.74 Å². The van der Waals surface area contributed by atoms with Gasteiger partial charge in [-0.05, 0) is 116 Å². The minimum absolute atomic E-state index is 0.00887. The van der Waals surface area contributed by atoms with Crippen molar-refractivity contribution in [1.82, 2.24) is 4.31 Å². The molecule has 2 aromatic heterocycles. The van der Waals surface area contributed by atoms with E-state index in [0.29, 0.717) is 37.0 Å². The van der Waals surface area contributed by atoms with Crippen LogP contribution in [0.1, 0.15) is 74.0 Å². The topological polar surface area (TPSA) is 104 Å². The molecule has 7 nitrogen and oxygen atoms in total. The van der Waals surface area contributed by atoms with E-state index in [9.17, 15) is 23.4 Å². The van der Waals surface area contributed by atoms with E-state index < -0.39 is 38.0 Å². The van der Waals surface area contributed by atoms with Crippen LogP contribution in [-0.4, -0.2) is 60.6 Å². The second-order valence-electron chi connectivity index (χ2n) is 16.0. The fourth-order valence-electron chi connectivity index (χ4n) is 11.3. The van der Waals surface area contributed by atoms with Crippen molar-refractivity contribution >= 4 is 38.5 Å². The molecule has 0 saturated heterocycles. The van der Waals surface area contributed by atoms with Gasteiger partial charge in [-0.2, -0.15) is 4.31 Å². The summed E-state index contributed by atoms with van der Waals surface area (Å²) >= 11 is 2.82. The standard InChI is InChI=1S/C40H47NO6S3/c1-36-16-12-28(42)24-38(36)19-20-40(31(25-38)35(43)27-8-10-29(47-3)11-9-27)32(36)13-17-37(2)33(40)14-18-39(37,44)26-41(21-15-30-6-4-22-48-30)50(45,46)34-7-5-23-49-34/h4-11,19-20,22-23,25,28,32-33,42,44H,12-18,21,24,26H2,1-3H3. The normalized spacial score (nSPS) is 37.2. The van der Waals surface area contributed by atoms with Crippen LogP contribution in [0.4, 0.5) is 0 Å². The average Bonchev–Trinajstić information content (AvgIpc) is 3.89. The molecule has 2 bridgehead atoms. The molecule has 3 fully saturated rings. The fraction of sp³-hybridized carbons (Fsp3) is 0.525. The van der Waals surface area contributed by atoms with Gasteiger partial charge < -0.3 is 14.9 Å². The van der Waals surface area contributed by atoms with Crippen LogP contribution in [-0.2, 0) is 16.4 Å². The summed E-state index contributed by atoms with van der Waals surface area (Å²) in [6, 6.07) is 14.7. The number of ketones is 1. The lowest BCUT2D eigenvalue weighted by molar-refractivity contribution is -0.173. The number of benzene rings is 1. The molecule has 3 saturated carbocycles. The van der Waals surface area contributed by atoms with Crippen LogP contribution in [0, 0.1) is 33.5 Å². The van der Waals surface area contributed by atoms with Crippen LogP contribution in [0.2, 0.25) is 0 Å². The number of sulfonamides is 1. The maximum Gasteiger partial charge on any atom is 0.252 e. The van der Waals surface area contributed by atoms with Crippen LogP contribution >= 0.6 is 22.7 Å². The van der Waals surface area contributed by atoms with Gasteiger partial charge in [-0.3, -0.25) is 4.79 Å². The van der Waals surface area contributed by atoms with Crippen LogP contribution in [0.3, 0.4) is 0 Å². The highest BCUT2D eigenvalue weighted by molar-refractivity contribution is 7.91. The second-order valence-corrected chi connectivity index (χ2v) is 20.1. The van der Waals surface area contributed by atoms with Gasteiger partial charge in [0.05, 0.1) is 18.8 Å². The number of methoxy groups -OCH3 is 1. The summed E-state index contributed by atoms with van der Waals surface area (Å²) in [6.45, 7) is 4.82. The third-order valence-corrected chi connectivity index (χ3v) is 18.2. The van der Waals surface area contributed by atoms with Gasteiger partial charge in [0.1, 0.15) is 9.96 Å². The summed E-state index contributed by atoms with van der Waals surface area (Å²) < 4.78 is 35.6. The molecule has 0 aliphatic heterocycles. The number of allylic oxidation sites excluding steroid dienone is 4. The third kappa shape index (κ3) is 4.81. The van der Waals surface area contributed by atoms with Crippen molar-refractivity contribution in [2.75, 3.05) is 20.2 Å². The average molecular weight is 734 g/mol. The highest BCUT2D eigenvalue weighted by Gasteiger charge is 2.74. The van der Waals surface area contributed by atoms with Gasteiger partial charge in [-0.25, -0.2) is 8.42 Å². The minimum Gasteiger partial charge on any atom is -0.497 e. The SMILES string of the molecule is COc1ccc(C(=O)C2=CC34C=CC25C(CCC2(C)C5CCC2(O)CN(CCc2cccs2)S(=O)(=O)c2cccs2)C3(C)CCC(O)C4)cc1. The molecule has 50 heavy (non-hydrogen) atoms. The van der Waals surface area contributed by atoms with Crippen molar-refractivity contribution < 1.29 is 28.2 Å². The first-order valence-corrected chi connectivity index (χ1v) is 21.1. The fourth-order valence-corrected chi connectivity index (χ4v) is 14.6. The van der Waals surface area contributed by atoms with Crippen molar-refractivity contribution in [2.24, 2.45) is 33.5 Å². The first-order valence-electron chi connectivity index (χ1n) is 17.9. The van der Waals surface area contributed by atoms with Crippen molar-refractivity contribution in [3.05, 3.63) is 93.5 Å². The van der Waals surface area contributed by atoms with Crippen LogP contribution in [0.25, 0.3) is 0 Å². The lowest BCUT2D eigenvalue weighted by Gasteiger charge is -2.71. The predicted molar refractivity (Wildman–Crippen MR) is 197 cm³/mol. The van der Waals surface area contributed by atoms with Gasteiger partial charge in [-0.15, -0.1) is 22.7 Å². The summed E-state index contributed by atoms with van der Waals surface area (Å²) in [5.74, 6) is 0.750. The Morgan fingerprint density at radius 2 is 1.64 bits per heavy atom. The van der Waals surface area contributed by atoms with Crippen molar-refractivity contribution in [3.63, 3.8) is 0 Å². The number of rotatable bonds is 10. The summed E-state index contributed by atoms with van der Waals surface area (Å²) in [5.41, 5.74) is -1.77. The number of carbonyl (C=O) groups excluding carboxylic acids is 1. The molecule has 10 heteroatoms. The lowest BCUT2D eigenvalue weighted by Crippen LogP contribution is -2.67. The number of Topliss-reactive ketones (excluding diaryl/α,β-unsaturated/α-hetero) is 1. The summed E-state index contributed by atoms with van der Waals surface area (Å²) in [7, 11) is -2.24. The van der Waals surface area contributed by atoms with E-state index in [-0.39, 0.29) is 40.3 Å². The van der Waals surface area contributed by atoms with Gasteiger partial charge >= 0.3 is 0 Å². The molecule has 6 aliphatic rings. The molecule has 8 atom stereocenters. The Hall–Kier alpha value is -2.60. The number of hydrogen-bond acceptors (Lipinski definition) is 8. The summed E-state index contributed by atoms with van der Waals surface area (Å²) in [5, 5.41) is 27.8. The quantitative estimate of drug-likeness (QED) is 0.165. The summed E-state index contributed by atoms with van der Waals surface area (Å²) in [6.07, 6.45) is 11.9. The first-order chi connectivity index (χ1) is 23.8. The molecule has 0 amide bonds. The number of ether oxygens (including phenoxy) is 1. The maximum absolute atomic E-state index is 14.8. The molecule has 1 aromatic carbocycles. The predicted octanol–water partition coefficient (Wildman–Crippen LogP) is 7.53. The van der Waals surface area contributed by atoms with Gasteiger partial charge in [0, 0.05) is 45.3 Å². The van der Waals surface area contributed by atoms with E-state index >= 15 is 0 Å². The molecule has 2 N–H and O–H groups in total. The van der Waals surface area contributed by atoms with Crippen LogP contribution in [0.15, 0.2) is 87.3 Å². The molecule has 8 unspecified atom stereocenters. The Labute approximate surface area is 303 Å². The highest BCUT2D eigenvalue weighted by atomic mass is 32.2. The first kappa shape index (κ1) is 34.5. The molecular formula is C40H47NO6S3. The zero-order valence-corrected chi connectivity index (χ0v) is 31.5. The maximum atomic E-state index is 14.8. The Morgan fingerprint density at radius 3 is 2.34 bits per heavy atom. The van der Waals surface area contributed by atoms with Gasteiger partial charge in [0.2, 0.25) is 0 Å². The highest BCUT2D eigenvalue weighted by Crippen LogP contribution is 2.78. The smallest absolute Gasteiger partial charge is 0.252 e. The van der Waals surface area contributed by atoms with Crippen molar-refractivity contribution in [3.8, 4) is 5.75 Å². The summed E-state index contributed by atoms with van der Waals surface area (Å²) in [4.78, 5) is 15.9. The van der Waals surface area contributed by atoms with E-state index in [4.69, 9.17) is 4.74 Å². The van der Waals surface area contributed by atoms with Gasteiger partial charge in [-0.1, -0.05) is 44.2 Å². The van der Waals surface area contributed by atoms with E-state index in [1.165, 1.54) is 15.6 Å². The molecule has 6 aliphatic carbocycles. The van der Waals surface area contributed by atoms with Gasteiger partial charge in [0.15, 0.2) is 5.78 Å². The Morgan fingerprint density at radius 1 is 0.940 bits per heavy atom. The van der Waals surface area contributed by atoms with Crippen molar-refractivity contribution in [2.45, 2.75) is 81.1 Å². The Kier molecular flexibility index (Phi) is 8.25. The number of aliphatic hydroxyl groups is 2. The molecule has 2 heterocycles. The number of thiophene rings is 2. The lowest BCUT2D eigenvalue weighted by atomic mass is 9.32. The monoisotopic (exact) mass is 733 g/mol. The van der Waals surface area contributed by atoms with Gasteiger partial charge in [0.25, 0.3) is 10.0 Å². The van der Waals surface area contributed by atoms with E-state index in [2.05, 4.69) is 32.1 Å². The number of nitrogens with zero attached hydrogens (tertiary/aromatic N) is 1. The van der Waals surface area contributed by atoms with E-state index in [1.54, 1.807) is 36.0 Å². The number of carbonyl (C=O) groups is 1. The molecule has 3 aromatic rings. The Bertz CT molecular complexity index is 1940. The minimum atomic E-state index is -3.85. The zero-order valence-electron chi connectivity index (χ0n) is 29.0. The molecule has 2 spiro atoms. The third-order valence-electron chi connectivity index (χ3n) is 14.0. The Balaban J connectivity index is 1.21. The molecule has 9 rings (SSSR count). The van der Waals surface area contributed by atoms with E-state index in [1.807, 2.05) is 41.8 Å².